The number of nitrogens with zero attached hydrogens (tertiary/aromatic N) is 1. The van der Waals surface area contributed by atoms with Gasteiger partial charge in [-0.15, -0.1) is 0 Å². The van der Waals surface area contributed by atoms with Gasteiger partial charge in [0.2, 0.25) is 5.91 Å². The summed E-state index contributed by atoms with van der Waals surface area (Å²) in [5.41, 5.74) is 5.91. The molecule has 0 unspecified atom stereocenters. The van der Waals surface area contributed by atoms with Gasteiger partial charge in [0.15, 0.2) is 11.5 Å². The molecule has 1 aliphatic rings. The van der Waals surface area contributed by atoms with Crippen LogP contribution in [-0.2, 0) is 14.3 Å². The number of hydrogen-bond donors (Lipinski definition) is 2. The molecule has 0 aromatic heterocycles. The Labute approximate surface area is 241 Å². The monoisotopic (exact) mass is 562 g/mol. The number of hydrogen-bond acceptors (Lipinski definition) is 7. The van der Waals surface area contributed by atoms with Crippen LogP contribution >= 0.6 is 0 Å². The third-order valence-corrected chi connectivity index (χ3v) is 8.84. The van der Waals surface area contributed by atoms with Gasteiger partial charge >= 0.3 is 0 Å². The van der Waals surface area contributed by atoms with Crippen LogP contribution in [0, 0.1) is 29.1 Å². The van der Waals surface area contributed by atoms with Gasteiger partial charge in [-0.1, -0.05) is 47.6 Å². The minimum Gasteiger partial charge on any atom is -0.493 e. The molecule has 0 spiro atoms. The first-order chi connectivity index (χ1) is 18.7. The first-order valence-electron chi connectivity index (χ1n) is 14.8. The third kappa shape index (κ3) is 8.67. The number of carbonyl (C=O) groups is 2. The molecule has 0 bridgehead atoms. The highest BCUT2D eigenvalue weighted by Gasteiger charge is 2.45. The largest absolute Gasteiger partial charge is 0.493 e. The Morgan fingerprint density at radius 3 is 2.35 bits per heavy atom. The standard InChI is InChI=1S/C32H54N2O6/c1-20(2)23(26(35)13-14-32(5,6)31(33)37)19-27(36)25-18-24(21(3)4)30(34(25)7)22-11-12-28(39-9)29(17-22)40-16-10-15-38-8/h11-12,17,20-21,23-25,27,30,36H,10,13-16,18-19H2,1-9H3,(H2,33,37)/t23-,24-,25-,27-,30-/m0/s1. The minimum atomic E-state index is -0.732. The lowest BCUT2D eigenvalue weighted by Gasteiger charge is -2.33. The fourth-order valence-electron chi connectivity index (χ4n) is 5.94. The second-order valence-electron chi connectivity index (χ2n) is 12.8. The first kappa shape index (κ1) is 34.0. The average molecular weight is 563 g/mol. The minimum absolute atomic E-state index is 0.0818. The number of likely N-dealkylation sites (tertiary alicyclic amines) is 1. The molecule has 0 saturated carbocycles. The first-order valence-corrected chi connectivity index (χ1v) is 14.8. The summed E-state index contributed by atoms with van der Waals surface area (Å²) in [4.78, 5) is 27.3. The average Bonchev–Trinajstić information content (AvgIpc) is 3.25. The van der Waals surface area contributed by atoms with Crippen LogP contribution in [0.5, 0.6) is 11.5 Å². The molecule has 2 rings (SSSR count). The van der Waals surface area contributed by atoms with Gasteiger partial charge in [-0.25, -0.2) is 0 Å². The second kappa shape index (κ2) is 15.2. The number of ether oxygens (including phenoxy) is 3. The Kier molecular flexibility index (Phi) is 12.9. The highest BCUT2D eigenvalue weighted by molar-refractivity contribution is 5.84. The molecule has 5 atom stereocenters. The summed E-state index contributed by atoms with van der Waals surface area (Å²) in [7, 11) is 5.40. The maximum Gasteiger partial charge on any atom is 0.223 e. The van der Waals surface area contributed by atoms with Crippen molar-refractivity contribution in [2.75, 3.05) is 34.5 Å². The van der Waals surface area contributed by atoms with Gasteiger partial charge < -0.3 is 25.1 Å². The predicted octanol–water partition coefficient (Wildman–Crippen LogP) is 5.01. The van der Waals surface area contributed by atoms with Gasteiger partial charge in [0, 0.05) is 50.0 Å². The zero-order valence-corrected chi connectivity index (χ0v) is 26.2. The predicted molar refractivity (Wildman–Crippen MR) is 158 cm³/mol. The Hall–Kier alpha value is -2.16. The molecule has 0 aliphatic carbocycles. The number of likely N-dealkylation sites (N-methyl/N-ethyl adjacent to an activating group) is 1. The van der Waals surface area contributed by atoms with Crippen LogP contribution in [0.15, 0.2) is 18.2 Å². The molecule has 1 amide bonds. The smallest absolute Gasteiger partial charge is 0.223 e. The van der Waals surface area contributed by atoms with Gasteiger partial charge in [0.1, 0.15) is 5.78 Å². The number of methoxy groups -OCH3 is 2. The second-order valence-corrected chi connectivity index (χ2v) is 12.8. The number of amides is 1. The lowest BCUT2D eigenvalue weighted by molar-refractivity contribution is -0.129. The molecule has 1 aromatic rings. The third-order valence-electron chi connectivity index (χ3n) is 8.84. The van der Waals surface area contributed by atoms with Gasteiger partial charge in [0.25, 0.3) is 0 Å². The van der Waals surface area contributed by atoms with Crippen LogP contribution in [0.1, 0.15) is 85.3 Å². The number of Topliss-reactive ketones (excluding diaryl/α,β-unsaturated/α-hetero) is 1. The van der Waals surface area contributed by atoms with Crippen molar-refractivity contribution in [1.82, 2.24) is 4.90 Å². The van der Waals surface area contributed by atoms with Crippen molar-refractivity contribution in [3.63, 3.8) is 0 Å². The number of nitrogens with two attached hydrogens (primary N) is 1. The zero-order valence-electron chi connectivity index (χ0n) is 26.2. The normalized spacial score (nSPS) is 21.6. The fraction of sp³-hybridized carbons (Fsp3) is 0.750. The number of rotatable bonds is 17. The Balaban J connectivity index is 2.23. The lowest BCUT2D eigenvalue weighted by Crippen LogP contribution is -2.40. The maximum atomic E-state index is 13.3. The number of primary amides is 1. The van der Waals surface area contributed by atoms with Crippen molar-refractivity contribution in [2.24, 2.45) is 34.8 Å². The van der Waals surface area contributed by atoms with E-state index in [1.165, 1.54) is 0 Å². The zero-order chi connectivity index (χ0) is 30.2. The summed E-state index contributed by atoms with van der Waals surface area (Å²) in [5.74, 6) is 1.62. The topological polar surface area (TPSA) is 111 Å². The van der Waals surface area contributed by atoms with Crippen LogP contribution in [0.25, 0.3) is 0 Å². The van der Waals surface area contributed by atoms with E-state index in [0.29, 0.717) is 49.4 Å². The number of carbonyl (C=O) groups excluding carboxylic acids is 2. The van der Waals surface area contributed by atoms with Crippen molar-refractivity contribution in [2.45, 2.75) is 91.8 Å². The fourth-order valence-corrected chi connectivity index (χ4v) is 5.94. The highest BCUT2D eigenvalue weighted by atomic mass is 16.5. The number of aliphatic hydroxyl groups excluding tert-OH is 1. The summed E-state index contributed by atoms with van der Waals surface area (Å²) in [6.07, 6.45) is 2.06. The maximum absolute atomic E-state index is 13.3. The van der Waals surface area contributed by atoms with Crippen LogP contribution in [-0.4, -0.2) is 68.3 Å². The van der Waals surface area contributed by atoms with E-state index in [1.807, 2.05) is 19.9 Å². The van der Waals surface area contributed by atoms with E-state index in [0.717, 1.165) is 18.4 Å². The van der Waals surface area contributed by atoms with E-state index < -0.39 is 17.4 Å². The molecule has 1 aliphatic heterocycles. The quantitative estimate of drug-likeness (QED) is 0.257. The summed E-state index contributed by atoms with van der Waals surface area (Å²) in [6.45, 7) is 13.2. The molecule has 40 heavy (non-hydrogen) atoms. The van der Waals surface area contributed by atoms with Gasteiger partial charge in [-0.05, 0) is 61.8 Å². The Morgan fingerprint density at radius 2 is 1.80 bits per heavy atom. The Bertz CT molecular complexity index is 963. The number of benzene rings is 1. The van der Waals surface area contributed by atoms with Gasteiger partial charge in [-0.2, -0.15) is 0 Å². The van der Waals surface area contributed by atoms with E-state index in [1.54, 1.807) is 28.1 Å². The molecular formula is C32H54N2O6. The van der Waals surface area contributed by atoms with Crippen molar-refractivity contribution in [1.29, 1.82) is 0 Å². The van der Waals surface area contributed by atoms with E-state index >= 15 is 0 Å². The number of aliphatic hydroxyl groups is 1. The van der Waals surface area contributed by atoms with Crippen LogP contribution in [0.4, 0.5) is 0 Å². The summed E-state index contributed by atoms with van der Waals surface area (Å²) < 4.78 is 16.8. The van der Waals surface area contributed by atoms with Crippen molar-refractivity contribution in [3.05, 3.63) is 23.8 Å². The van der Waals surface area contributed by atoms with E-state index in [2.05, 4.69) is 37.9 Å². The van der Waals surface area contributed by atoms with E-state index in [9.17, 15) is 14.7 Å². The molecule has 1 aromatic carbocycles. The lowest BCUT2D eigenvalue weighted by atomic mass is 9.79. The molecule has 228 valence electrons. The highest BCUT2D eigenvalue weighted by Crippen LogP contribution is 2.47. The molecule has 8 heteroatoms. The molecule has 1 fully saturated rings. The van der Waals surface area contributed by atoms with E-state index in [4.69, 9.17) is 19.9 Å². The van der Waals surface area contributed by atoms with Crippen molar-refractivity contribution >= 4 is 11.7 Å². The van der Waals surface area contributed by atoms with Crippen LogP contribution < -0.4 is 15.2 Å². The summed E-state index contributed by atoms with van der Waals surface area (Å²) >= 11 is 0. The van der Waals surface area contributed by atoms with Crippen molar-refractivity contribution in [3.8, 4) is 11.5 Å². The molecular weight excluding hydrogens is 508 g/mol. The molecule has 8 nitrogen and oxygen atoms in total. The Morgan fingerprint density at radius 1 is 1.12 bits per heavy atom. The summed E-state index contributed by atoms with van der Waals surface area (Å²) in [6, 6.07) is 6.13. The molecule has 1 saturated heterocycles. The van der Waals surface area contributed by atoms with Gasteiger partial charge in [-0.3, -0.25) is 14.5 Å². The molecule has 0 radical (unpaired) electrons. The van der Waals surface area contributed by atoms with Crippen LogP contribution in [0.2, 0.25) is 0 Å². The van der Waals surface area contributed by atoms with Crippen molar-refractivity contribution < 1.29 is 28.9 Å². The summed E-state index contributed by atoms with van der Waals surface area (Å²) in [5, 5.41) is 11.5. The molecule has 3 N–H and O–H groups in total. The SMILES string of the molecule is COCCCOc1cc([C@H]2[C@H](C(C)C)C[C@@H]([C@@H](O)C[C@H](C(=O)CCC(C)(C)C(N)=O)C(C)C)N2C)ccc1OC. The van der Waals surface area contributed by atoms with Gasteiger partial charge in [0.05, 0.1) is 19.8 Å². The van der Waals surface area contributed by atoms with Crippen LogP contribution in [0.3, 0.4) is 0 Å². The molecule has 1 heterocycles. The number of ketones is 1. The van der Waals surface area contributed by atoms with E-state index in [-0.39, 0.29) is 36.1 Å².